The second-order valence-corrected chi connectivity index (χ2v) is 10.8. The predicted octanol–water partition coefficient (Wildman–Crippen LogP) is 4.77. The number of nitrogens with zero attached hydrogens (tertiary/aromatic N) is 8. The molecule has 1 atom stereocenters. The van der Waals surface area contributed by atoms with Crippen LogP contribution >= 0.6 is 11.3 Å². The summed E-state index contributed by atoms with van der Waals surface area (Å²) in [4.78, 5) is 32.4. The zero-order chi connectivity index (χ0) is 29.0. The molecule has 11 nitrogen and oxygen atoms in total. The first-order valence-electron chi connectivity index (χ1n) is 13.0. The number of halogens is 2. The van der Waals surface area contributed by atoms with Crippen molar-refractivity contribution in [3.63, 3.8) is 0 Å². The van der Waals surface area contributed by atoms with Crippen molar-refractivity contribution in [1.29, 1.82) is 0 Å². The summed E-state index contributed by atoms with van der Waals surface area (Å²) in [5.74, 6) is 1.03. The number of nitrogens with one attached hydrogen (secondary N) is 1. The molecule has 5 aromatic heterocycles. The molecule has 14 heteroatoms. The monoisotopic (exact) mass is 584 g/mol. The van der Waals surface area contributed by atoms with Gasteiger partial charge in [0.05, 0.1) is 29.7 Å². The second-order valence-electron chi connectivity index (χ2n) is 9.75. The van der Waals surface area contributed by atoms with Crippen molar-refractivity contribution in [3.05, 3.63) is 87.8 Å². The molecule has 1 amide bonds. The van der Waals surface area contributed by atoms with Gasteiger partial charge in [-0.1, -0.05) is 6.07 Å². The van der Waals surface area contributed by atoms with Crippen LogP contribution in [0.5, 0.6) is 0 Å². The van der Waals surface area contributed by atoms with Crippen molar-refractivity contribution in [3.8, 4) is 22.9 Å². The molecule has 5 heterocycles. The van der Waals surface area contributed by atoms with Gasteiger partial charge >= 0.3 is 0 Å². The van der Waals surface area contributed by atoms with Gasteiger partial charge in [-0.3, -0.25) is 9.36 Å². The molecule has 0 fully saturated rings. The fourth-order valence-corrected chi connectivity index (χ4v) is 6.09. The van der Waals surface area contributed by atoms with Crippen LogP contribution in [0, 0.1) is 6.92 Å². The Morgan fingerprint density at radius 3 is 2.69 bits per heavy atom. The molecule has 0 aliphatic heterocycles. The number of carbonyl (C=O) groups is 1. The zero-order valence-electron chi connectivity index (χ0n) is 22.1. The number of pyridine rings is 2. The number of alkyl halides is 2. The van der Waals surface area contributed by atoms with Gasteiger partial charge in [0.2, 0.25) is 0 Å². The Labute approximate surface area is 241 Å². The maximum Gasteiger partial charge on any atom is 0.289 e. The Morgan fingerprint density at radius 2 is 1.93 bits per heavy atom. The predicted molar refractivity (Wildman–Crippen MR) is 152 cm³/mol. The third-order valence-corrected chi connectivity index (χ3v) is 8.33. The number of aryl methyl sites for hydroxylation is 2. The molecule has 0 bridgehead atoms. The highest BCUT2D eigenvalue weighted by molar-refractivity contribution is 7.13. The first kappa shape index (κ1) is 25.8. The standard InChI is InChI=1S/C28H22F2N10OS/c1-14-22(42-28(35-14)23(29)30)27(41)37-19-7-4-15-13-16(5-6-17(15)19)39-25(18-3-2-10-32-24(18)31)36-20-8-9-21(38-26(20)39)40-33-11-12-34-40/h2-3,5-6,8-13,19,23H,4,7H2,1H3,(H2,31,32)(H,37,41)/t19-/m0/s1. The van der Waals surface area contributed by atoms with Gasteiger partial charge in [0, 0.05) is 11.9 Å². The molecule has 0 spiro atoms. The molecule has 6 aromatic rings. The van der Waals surface area contributed by atoms with Crippen molar-refractivity contribution >= 4 is 34.2 Å². The third-order valence-electron chi connectivity index (χ3n) is 7.17. The lowest BCUT2D eigenvalue weighted by Crippen LogP contribution is -2.27. The Kier molecular flexibility index (Phi) is 6.19. The van der Waals surface area contributed by atoms with Crippen LogP contribution in [0.2, 0.25) is 0 Å². The lowest BCUT2D eigenvalue weighted by Gasteiger charge is -2.15. The molecule has 0 saturated heterocycles. The number of anilines is 1. The number of nitrogen functional groups attached to an aromatic ring is 1. The summed E-state index contributed by atoms with van der Waals surface area (Å²) in [5, 5.41) is 11.1. The van der Waals surface area contributed by atoms with E-state index in [0.29, 0.717) is 52.7 Å². The second kappa shape index (κ2) is 10.1. The van der Waals surface area contributed by atoms with Crippen LogP contribution in [-0.2, 0) is 6.42 Å². The van der Waals surface area contributed by atoms with E-state index in [1.807, 2.05) is 34.9 Å². The molecular weight excluding hydrogens is 562 g/mol. The van der Waals surface area contributed by atoms with Gasteiger partial charge in [-0.15, -0.1) is 16.1 Å². The number of thiazole rings is 1. The van der Waals surface area contributed by atoms with Crippen molar-refractivity contribution < 1.29 is 13.6 Å². The quantitative estimate of drug-likeness (QED) is 0.285. The molecule has 0 radical (unpaired) electrons. The van der Waals surface area contributed by atoms with Gasteiger partial charge in [0.1, 0.15) is 16.2 Å². The van der Waals surface area contributed by atoms with Crippen molar-refractivity contribution in [1.82, 2.24) is 44.8 Å². The minimum atomic E-state index is -2.71. The molecule has 3 N–H and O–H groups in total. The van der Waals surface area contributed by atoms with Gasteiger partial charge in [-0.2, -0.15) is 10.2 Å². The van der Waals surface area contributed by atoms with Gasteiger partial charge in [0.15, 0.2) is 22.3 Å². The van der Waals surface area contributed by atoms with Crippen LogP contribution in [0.25, 0.3) is 34.1 Å². The number of hydrogen-bond donors (Lipinski definition) is 2. The number of rotatable bonds is 6. The zero-order valence-corrected chi connectivity index (χ0v) is 22.9. The van der Waals surface area contributed by atoms with Crippen LogP contribution in [0.3, 0.4) is 0 Å². The van der Waals surface area contributed by atoms with Crippen LogP contribution in [-0.4, -0.2) is 45.4 Å². The minimum absolute atomic E-state index is 0.201. The lowest BCUT2D eigenvalue weighted by atomic mass is 10.1. The number of hydrogen-bond acceptors (Lipinski definition) is 9. The maximum atomic E-state index is 13.1. The number of carbonyl (C=O) groups excluding carboxylic acids is 1. The highest BCUT2D eigenvalue weighted by atomic mass is 32.1. The van der Waals surface area contributed by atoms with Crippen LogP contribution in [0.4, 0.5) is 14.6 Å². The lowest BCUT2D eigenvalue weighted by molar-refractivity contribution is 0.0940. The summed E-state index contributed by atoms with van der Waals surface area (Å²) >= 11 is 0.727. The molecule has 1 aromatic carbocycles. The molecule has 210 valence electrons. The molecule has 1 aliphatic rings. The van der Waals surface area contributed by atoms with E-state index in [9.17, 15) is 13.6 Å². The molecule has 0 unspecified atom stereocenters. The highest BCUT2D eigenvalue weighted by Gasteiger charge is 2.28. The third kappa shape index (κ3) is 4.36. The smallest absolute Gasteiger partial charge is 0.289 e. The fraction of sp³-hybridized carbons (Fsp3) is 0.179. The Bertz CT molecular complexity index is 1970. The van der Waals surface area contributed by atoms with Crippen LogP contribution in [0.1, 0.15) is 50.4 Å². The normalized spacial score (nSPS) is 14.5. The van der Waals surface area contributed by atoms with Crippen molar-refractivity contribution in [2.45, 2.75) is 32.2 Å². The summed E-state index contributed by atoms with van der Waals surface area (Å²) in [6.07, 6.45) is 3.45. The fourth-order valence-electron chi connectivity index (χ4n) is 5.26. The van der Waals surface area contributed by atoms with E-state index in [0.717, 1.165) is 28.2 Å². The van der Waals surface area contributed by atoms with Crippen LogP contribution in [0.15, 0.2) is 61.1 Å². The Morgan fingerprint density at radius 1 is 1.10 bits per heavy atom. The summed E-state index contributed by atoms with van der Waals surface area (Å²) < 4.78 is 28.2. The summed E-state index contributed by atoms with van der Waals surface area (Å²) in [5.41, 5.74) is 11.3. The van der Waals surface area contributed by atoms with Crippen molar-refractivity contribution in [2.75, 3.05) is 5.73 Å². The summed E-state index contributed by atoms with van der Waals surface area (Å²) in [7, 11) is 0. The summed E-state index contributed by atoms with van der Waals surface area (Å²) in [6, 6.07) is 13.0. The largest absolute Gasteiger partial charge is 0.383 e. The van der Waals surface area contributed by atoms with E-state index in [1.165, 1.54) is 4.80 Å². The highest BCUT2D eigenvalue weighted by Crippen LogP contribution is 2.36. The molecule has 7 rings (SSSR count). The molecule has 0 saturated carbocycles. The summed E-state index contributed by atoms with van der Waals surface area (Å²) in [6.45, 7) is 1.57. The van der Waals surface area contributed by atoms with Crippen molar-refractivity contribution in [2.24, 2.45) is 0 Å². The molecule has 42 heavy (non-hydrogen) atoms. The topological polar surface area (TPSA) is 142 Å². The van der Waals surface area contributed by atoms with E-state index in [1.54, 1.807) is 37.6 Å². The average Bonchev–Trinajstić information content (AvgIpc) is 3.78. The molecule has 1 aliphatic carbocycles. The Balaban J connectivity index is 1.28. The van der Waals surface area contributed by atoms with E-state index in [4.69, 9.17) is 15.7 Å². The number of amides is 1. The maximum absolute atomic E-state index is 13.1. The SMILES string of the molecule is Cc1nc(C(F)F)sc1C(=O)N[C@H]1CCc2cc(-n3c(-c4cccnc4N)nc4ccc(-n5nccn5)nc43)ccc21. The number of benzene rings is 1. The number of imidazole rings is 1. The van der Waals surface area contributed by atoms with Gasteiger partial charge in [-0.05, 0) is 67.3 Å². The van der Waals surface area contributed by atoms with E-state index >= 15 is 0 Å². The first-order valence-corrected chi connectivity index (χ1v) is 13.9. The molecular formula is C28H22F2N10OS. The van der Waals surface area contributed by atoms with E-state index in [2.05, 4.69) is 25.5 Å². The van der Waals surface area contributed by atoms with Gasteiger partial charge in [0.25, 0.3) is 12.3 Å². The number of fused-ring (bicyclic) bond motifs is 2. The first-order chi connectivity index (χ1) is 20.4. The van der Waals surface area contributed by atoms with Gasteiger partial charge < -0.3 is 11.1 Å². The van der Waals surface area contributed by atoms with Gasteiger partial charge in [-0.25, -0.2) is 28.7 Å². The Hall–Kier alpha value is -5.11. The number of aromatic nitrogens is 8. The number of nitrogens with two attached hydrogens (primary N) is 1. The van der Waals surface area contributed by atoms with Crippen LogP contribution < -0.4 is 11.1 Å². The van der Waals surface area contributed by atoms with E-state index in [-0.39, 0.29) is 15.9 Å². The van der Waals surface area contributed by atoms with E-state index < -0.39 is 12.3 Å². The minimum Gasteiger partial charge on any atom is -0.383 e. The average molecular weight is 585 g/mol.